The minimum atomic E-state index is -0.591. The number of hydrogen-bond acceptors (Lipinski definition) is 5. The summed E-state index contributed by atoms with van der Waals surface area (Å²) in [5.41, 5.74) is 3.14. The van der Waals surface area contributed by atoms with Gasteiger partial charge >= 0.3 is 0 Å². The first-order chi connectivity index (χ1) is 13.1. The lowest BCUT2D eigenvalue weighted by Crippen LogP contribution is -2.27. The standard InChI is InChI=1S/C21H22N2O4/c1-13(26-12-14-4-3-5-17(10-14)25-2)20(24)22-16-8-9-19-18(11-16)23-21(27-19)15-6-7-15/h3-5,8-11,13,15H,6-7,12H2,1-2H3,(H,22,24). The van der Waals surface area contributed by atoms with Crippen LogP contribution in [0.4, 0.5) is 5.69 Å². The molecule has 1 aliphatic rings. The molecule has 0 saturated heterocycles. The van der Waals surface area contributed by atoms with E-state index >= 15 is 0 Å². The third kappa shape index (κ3) is 4.11. The van der Waals surface area contributed by atoms with E-state index in [1.807, 2.05) is 42.5 Å². The number of oxazole rings is 1. The molecule has 140 valence electrons. The fraction of sp³-hybridized carbons (Fsp3) is 0.333. The zero-order chi connectivity index (χ0) is 18.8. The Morgan fingerprint density at radius 1 is 1.30 bits per heavy atom. The number of carbonyl (C=O) groups excluding carboxylic acids is 1. The van der Waals surface area contributed by atoms with Crippen LogP contribution in [0.25, 0.3) is 11.1 Å². The Labute approximate surface area is 157 Å². The molecule has 1 fully saturated rings. The topological polar surface area (TPSA) is 73.6 Å². The predicted octanol–water partition coefficient (Wildman–Crippen LogP) is 4.26. The number of anilines is 1. The summed E-state index contributed by atoms with van der Waals surface area (Å²) in [5.74, 6) is 1.81. The maximum absolute atomic E-state index is 12.4. The summed E-state index contributed by atoms with van der Waals surface area (Å²) in [7, 11) is 1.62. The van der Waals surface area contributed by atoms with Crippen LogP contribution < -0.4 is 10.1 Å². The van der Waals surface area contributed by atoms with Gasteiger partial charge in [0.15, 0.2) is 11.5 Å². The van der Waals surface area contributed by atoms with Crippen molar-refractivity contribution < 1.29 is 18.7 Å². The van der Waals surface area contributed by atoms with Gasteiger partial charge in [0.1, 0.15) is 17.4 Å². The average molecular weight is 366 g/mol. The summed E-state index contributed by atoms with van der Waals surface area (Å²) in [6, 6.07) is 13.1. The van der Waals surface area contributed by atoms with Crippen molar-refractivity contribution in [2.24, 2.45) is 0 Å². The van der Waals surface area contributed by atoms with Crippen LogP contribution in [0.2, 0.25) is 0 Å². The maximum Gasteiger partial charge on any atom is 0.253 e. The van der Waals surface area contributed by atoms with Gasteiger partial charge in [0.05, 0.1) is 13.7 Å². The van der Waals surface area contributed by atoms with E-state index in [1.54, 1.807) is 14.0 Å². The molecule has 0 radical (unpaired) electrons. The van der Waals surface area contributed by atoms with Gasteiger partial charge in [-0.15, -0.1) is 0 Å². The highest BCUT2D eigenvalue weighted by atomic mass is 16.5. The van der Waals surface area contributed by atoms with Gasteiger partial charge in [-0.05, 0) is 55.7 Å². The summed E-state index contributed by atoms with van der Waals surface area (Å²) < 4.78 is 16.6. The van der Waals surface area contributed by atoms with Gasteiger partial charge in [0.2, 0.25) is 0 Å². The van der Waals surface area contributed by atoms with E-state index in [1.165, 1.54) is 0 Å². The van der Waals surface area contributed by atoms with Crippen molar-refractivity contribution in [3.63, 3.8) is 0 Å². The second kappa shape index (κ2) is 7.40. The molecule has 2 aromatic carbocycles. The van der Waals surface area contributed by atoms with Gasteiger partial charge in [0, 0.05) is 11.6 Å². The maximum atomic E-state index is 12.4. The second-order valence-corrected chi connectivity index (χ2v) is 6.80. The van der Waals surface area contributed by atoms with Gasteiger partial charge in [-0.25, -0.2) is 4.98 Å². The van der Waals surface area contributed by atoms with Crippen molar-refractivity contribution in [1.82, 2.24) is 4.98 Å². The van der Waals surface area contributed by atoms with E-state index in [0.717, 1.165) is 41.1 Å². The molecule has 1 aromatic heterocycles. The lowest BCUT2D eigenvalue weighted by Gasteiger charge is -2.14. The fourth-order valence-corrected chi connectivity index (χ4v) is 2.83. The first-order valence-corrected chi connectivity index (χ1v) is 9.08. The number of ether oxygens (including phenoxy) is 2. The third-order valence-electron chi connectivity index (χ3n) is 4.60. The van der Waals surface area contributed by atoms with E-state index in [-0.39, 0.29) is 5.91 Å². The summed E-state index contributed by atoms with van der Waals surface area (Å²) >= 11 is 0. The zero-order valence-corrected chi connectivity index (χ0v) is 15.4. The highest BCUT2D eigenvalue weighted by molar-refractivity contribution is 5.95. The first-order valence-electron chi connectivity index (χ1n) is 9.08. The number of fused-ring (bicyclic) bond motifs is 1. The normalized spacial score (nSPS) is 14.9. The number of hydrogen-bond donors (Lipinski definition) is 1. The van der Waals surface area contributed by atoms with Crippen molar-refractivity contribution in [1.29, 1.82) is 0 Å². The molecule has 1 heterocycles. The Hall–Kier alpha value is -2.86. The number of methoxy groups -OCH3 is 1. The minimum Gasteiger partial charge on any atom is -0.497 e. The van der Waals surface area contributed by atoms with Gasteiger partial charge < -0.3 is 19.2 Å². The number of rotatable bonds is 7. The lowest BCUT2D eigenvalue weighted by atomic mass is 10.2. The van der Waals surface area contributed by atoms with Crippen LogP contribution in [0.1, 0.15) is 37.1 Å². The summed E-state index contributed by atoms with van der Waals surface area (Å²) in [4.78, 5) is 16.9. The highest BCUT2D eigenvalue weighted by Crippen LogP contribution is 2.40. The molecule has 6 heteroatoms. The Kier molecular flexibility index (Phi) is 4.81. The average Bonchev–Trinajstić information content (AvgIpc) is 3.45. The number of nitrogens with one attached hydrogen (secondary N) is 1. The van der Waals surface area contributed by atoms with Crippen molar-refractivity contribution in [3.05, 3.63) is 53.9 Å². The van der Waals surface area contributed by atoms with Crippen molar-refractivity contribution in [2.75, 3.05) is 12.4 Å². The summed E-state index contributed by atoms with van der Waals surface area (Å²) in [5, 5.41) is 2.88. The molecular formula is C21H22N2O4. The van der Waals surface area contributed by atoms with E-state index in [0.29, 0.717) is 18.2 Å². The molecule has 1 aliphatic carbocycles. The van der Waals surface area contributed by atoms with Gasteiger partial charge in [0.25, 0.3) is 5.91 Å². The molecule has 0 aliphatic heterocycles. The van der Waals surface area contributed by atoms with Crippen LogP contribution in [0.3, 0.4) is 0 Å². The van der Waals surface area contributed by atoms with Gasteiger partial charge in [-0.1, -0.05) is 12.1 Å². The number of aromatic nitrogens is 1. The molecule has 0 spiro atoms. The monoisotopic (exact) mass is 366 g/mol. The van der Waals surface area contributed by atoms with Crippen LogP contribution in [0.15, 0.2) is 46.9 Å². The molecule has 4 rings (SSSR count). The SMILES string of the molecule is COc1cccc(COC(C)C(=O)Nc2ccc3oc(C4CC4)nc3c2)c1. The van der Waals surface area contributed by atoms with Crippen LogP contribution in [-0.2, 0) is 16.1 Å². The molecule has 0 bridgehead atoms. The van der Waals surface area contributed by atoms with Crippen molar-refractivity contribution >= 4 is 22.7 Å². The van der Waals surface area contributed by atoms with E-state index < -0.39 is 6.10 Å². The number of carbonyl (C=O) groups is 1. The van der Waals surface area contributed by atoms with Crippen LogP contribution in [0, 0.1) is 0 Å². The molecule has 1 saturated carbocycles. The van der Waals surface area contributed by atoms with Gasteiger partial charge in [-0.2, -0.15) is 0 Å². The lowest BCUT2D eigenvalue weighted by molar-refractivity contribution is -0.127. The molecule has 27 heavy (non-hydrogen) atoms. The molecule has 3 aromatic rings. The Morgan fingerprint density at radius 2 is 2.15 bits per heavy atom. The Morgan fingerprint density at radius 3 is 2.93 bits per heavy atom. The highest BCUT2D eigenvalue weighted by Gasteiger charge is 2.29. The molecular weight excluding hydrogens is 344 g/mol. The second-order valence-electron chi connectivity index (χ2n) is 6.80. The Balaban J connectivity index is 1.36. The third-order valence-corrected chi connectivity index (χ3v) is 4.60. The van der Waals surface area contributed by atoms with Crippen LogP contribution >= 0.6 is 0 Å². The summed E-state index contributed by atoms with van der Waals surface area (Å²) in [6.45, 7) is 2.06. The molecule has 1 amide bonds. The van der Waals surface area contributed by atoms with Crippen molar-refractivity contribution in [3.8, 4) is 5.75 Å². The fourth-order valence-electron chi connectivity index (χ4n) is 2.83. The number of amides is 1. The largest absolute Gasteiger partial charge is 0.497 e. The first kappa shape index (κ1) is 17.5. The minimum absolute atomic E-state index is 0.205. The smallest absolute Gasteiger partial charge is 0.253 e. The molecule has 1 N–H and O–H groups in total. The van der Waals surface area contributed by atoms with Crippen LogP contribution in [-0.4, -0.2) is 24.1 Å². The zero-order valence-electron chi connectivity index (χ0n) is 15.4. The van der Waals surface area contributed by atoms with E-state index in [4.69, 9.17) is 13.9 Å². The van der Waals surface area contributed by atoms with E-state index in [9.17, 15) is 4.79 Å². The quantitative estimate of drug-likeness (QED) is 0.676. The number of benzene rings is 2. The van der Waals surface area contributed by atoms with Gasteiger partial charge in [-0.3, -0.25) is 4.79 Å². The molecule has 6 nitrogen and oxygen atoms in total. The number of nitrogens with zero attached hydrogens (tertiary/aromatic N) is 1. The molecule has 1 atom stereocenters. The van der Waals surface area contributed by atoms with Crippen LogP contribution in [0.5, 0.6) is 5.75 Å². The Bertz CT molecular complexity index is 962. The molecule has 1 unspecified atom stereocenters. The predicted molar refractivity (Wildman–Crippen MR) is 102 cm³/mol. The summed E-state index contributed by atoms with van der Waals surface area (Å²) in [6.07, 6.45) is 1.68. The van der Waals surface area contributed by atoms with E-state index in [2.05, 4.69) is 10.3 Å². The van der Waals surface area contributed by atoms with Crippen molar-refractivity contribution in [2.45, 2.75) is 38.4 Å².